The molecule has 0 fully saturated rings. The van der Waals surface area contributed by atoms with Crippen molar-refractivity contribution >= 4 is 0 Å². The lowest BCUT2D eigenvalue weighted by Crippen LogP contribution is -2.36. The van der Waals surface area contributed by atoms with Gasteiger partial charge in [0, 0.05) is 34.1 Å². The molecule has 296 valence electrons. The van der Waals surface area contributed by atoms with E-state index in [2.05, 4.69) is 9.97 Å². The minimum Gasteiger partial charge on any atom is -0.251 e. The summed E-state index contributed by atoms with van der Waals surface area (Å²) in [5, 5.41) is 9.49. The third-order valence-corrected chi connectivity index (χ3v) is 9.71. The van der Waals surface area contributed by atoms with Crippen LogP contribution in [0.4, 0.5) is 17.6 Å². The van der Waals surface area contributed by atoms with Crippen molar-refractivity contribution in [2.45, 2.75) is 57.8 Å². The van der Waals surface area contributed by atoms with Gasteiger partial charge in [0.15, 0.2) is 23.3 Å². The number of hydrogen-bond acceptors (Lipinski definition) is 8. The minimum atomic E-state index is -1.65. The zero-order chi connectivity index (χ0) is 41.7. The summed E-state index contributed by atoms with van der Waals surface area (Å²) in [6.07, 6.45) is 3.16. The maximum atomic E-state index is 15.5. The lowest BCUT2D eigenvalue weighted by atomic mass is 9.73. The van der Waals surface area contributed by atoms with Gasteiger partial charge < -0.3 is 0 Å². The highest BCUT2D eigenvalue weighted by Crippen LogP contribution is 2.44. The Bertz CT molecular complexity index is 2640. The fraction of sp³-hybridized carbons (Fsp3) is 0.200. The first-order valence-electron chi connectivity index (χ1n) is 18.8. The molecular formula is C45H38F4N10. The van der Waals surface area contributed by atoms with E-state index in [0.29, 0.717) is 46.1 Å². The Labute approximate surface area is 337 Å². The highest BCUT2D eigenvalue weighted by atomic mass is 19.1. The van der Waals surface area contributed by atoms with Gasteiger partial charge in [0.05, 0.1) is 34.2 Å². The molecule has 2 aromatic carbocycles. The lowest BCUT2D eigenvalue weighted by molar-refractivity contribution is 0.542. The Balaban J connectivity index is 1.46. The van der Waals surface area contributed by atoms with E-state index >= 15 is 8.78 Å². The topological polar surface area (TPSA) is 113 Å². The van der Waals surface area contributed by atoms with E-state index in [1.54, 1.807) is 94.8 Å². The van der Waals surface area contributed by atoms with E-state index in [9.17, 15) is 8.78 Å². The van der Waals surface area contributed by atoms with Crippen LogP contribution in [-0.2, 0) is 16.2 Å². The standard InChI is InChI=1S/C45H38F4N10/c1-43(2,3)41-50-25-58(56-41)39-17-9-15-37(54-39)45(35-13-7-11-33(52-35)29-21-19-27(46)23-31(29)48,36-14-8-12-34(53-36)30-22-20-28(47)24-32(30)49)38-16-10-18-40(55-38)59-26-51-42(57-59)44(4,5)6/h7-26H,1-6H3. The Kier molecular flexibility index (Phi) is 9.73. The molecule has 0 aliphatic carbocycles. The molecule has 0 saturated heterocycles. The molecule has 0 bridgehead atoms. The van der Waals surface area contributed by atoms with Crippen LogP contribution >= 0.6 is 0 Å². The predicted molar refractivity (Wildman–Crippen MR) is 214 cm³/mol. The molecule has 14 heteroatoms. The van der Waals surface area contributed by atoms with Crippen LogP contribution in [0, 0.1) is 23.3 Å². The van der Waals surface area contributed by atoms with Crippen molar-refractivity contribution in [2.24, 2.45) is 0 Å². The van der Waals surface area contributed by atoms with Crippen LogP contribution in [0.3, 0.4) is 0 Å². The summed E-state index contributed by atoms with van der Waals surface area (Å²) in [4.78, 5) is 29.6. The Morgan fingerprint density at radius 3 is 1.17 bits per heavy atom. The Morgan fingerprint density at radius 1 is 0.441 bits per heavy atom. The van der Waals surface area contributed by atoms with Crippen LogP contribution in [0.1, 0.15) is 76.0 Å². The first-order chi connectivity index (χ1) is 28.1. The predicted octanol–water partition coefficient (Wildman–Crippen LogP) is 9.30. The maximum absolute atomic E-state index is 15.5. The van der Waals surface area contributed by atoms with Crippen LogP contribution in [0.2, 0.25) is 0 Å². The van der Waals surface area contributed by atoms with E-state index in [4.69, 9.17) is 30.1 Å². The van der Waals surface area contributed by atoms with Crippen LogP contribution < -0.4 is 0 Å². The van der Waals surface area contributed by atoms with E-state index in [0.717, 1.165) is 24.3 Å². The SMILES string of the molecule is CC(C)(C)c1ncn(-c2cccc(C(c3cccc(-c4ccc(F)cc4F)n3)(c3cccc(-c4ccc(F)cc4F)n3)c3cccc(-n4cnc(C(C)(C)C)n4)n3)n2)n1. The third-order valence-electron chi connectivity index (χ3n) is 9.71. The van der Waals surface area contributed by atoms with E-state index in [1.165, 1.54) is 12.1 Å². The number of hydrogen-bond donors (Lipinski definition) is 0. The molecule has 8 aromatic rings. The quantitative estimate of drug-likeness (QED) is 0.140. The third kappa shape index (κ3) is 7.37. The van der Waals surface area contributed by atoms with E-state index < -0.39 is 28.7 Å². The molecule has 0 unspecified atom stereocenters. The molecule has 0 radical (unpaired) electrons. The Hall–Kier alpha value is -6.96. The van der Waals surface area contributed by atoms with Crippen molar-refractivity contribution in [3.05, 3.63) is 180 Å². The van der Waals surface area contributed by atoms with Crippen LogP contribution in [0.15, 0.2) is 122 Å². The summed E-state index contributed by atoms with van der Waals surface area (Å²) in [6, 6.07) is 27.4. The zero-order valence-corrected chi connectivity index (χ0v) is 33.0. The van der Waals surface area contributed by atoms with Gasteiger partial charge in [-0.1, -0.05) is 65.8 Å². The van der Waals surface area contributed by atoms with Crippen molar-refractivity contribution in [2.75, 3.05) is 0 Å². The summed E-state index contributed by atoms with van der Waals surface area (Å²) in [5.74, 6) is -1.10. The van der Waals surface area contributed by atoms with Gasteiger partial charge in [-0.3, -0.25) is 9.97 Å². The van der Waals surface area contributed by atoms with Crippen molar-refractivity contribution < 1.29 is 17.6 Å². The number of rotatable bonds is 8. The van der Waals surface area contributed by atoms with Gasteiger partial charge in [-0.15, -0.1) is 10.2 Å². The molecule has 6 heterocycles. The van der Waals surface area contributed by atoms with Gasteiger partial charge in [0.2, 0.25) is 0 Å². The molecule has 0 spiro atoms. The molecule has 10 nitrogen and oxygen atoms in total. The Morgan fingerprint density at radius 2 is 0.814 bits per heavy atom. The van der Waals surface area contributed by atoms with Crippen LogP contribution in [0.5, 0.6) is 0 Å². The summed E-state index contributed by atoms with van der Waals surface area (Å²) in [5.41, 5.74) is -0.581. The van der Waals surface area contributed by atoms with Gasteiger partial charge in [0.1, 0.15) is 41.3 Å². The fourth-order valence-electron chi connectivity index (χ4n) is 6.72. The number of halogens is 4. The van der Waals surface area contributed by atoms with Crippen molar-refractivity contribution in [3.63, 3.8) is 0 Å². The molecule has 8 rings (SSSR count). The molecule has 0 amide bonds. The maximum Gasteiger partial charge on any atom is 0.156 e. The van der Waals surface area contributed by atoms with E-state index in [1.807, 2.05) is 41.5 Å². The summed E-state index contributed by atoms with van der Waals surface area (Å²) >= 11 is 0. The van der Waals surface area contributed by atoms with Gasteiger partial charge in [-0.05, 0) is 72.8 Å². The lowest BCUT2D eigenvalue weighted by Gasteiger charge is -2.33. The average Bonchev–Trinajstić information content (AvgIpc) is 3.91. The number of pyridine rings is 4. The fourth-order valence-corrected chi connectivity index (χ4v) is 6.72. The first-order valence-corrected chi connectivity index (χ1v) is 18.8. The van der Waals surface area contributed by atoms with Gasteiger partial charge in [0.25, 0.3) is 0 Å². The summed E-state index contributed by atoms with van der Waals surface area (Å²) < 4.78 is 62.4. The minimum absolute atomic E-state index is 0.0512. The molecule has 6 aromatic heterocycles. The molecular weight excluding hydrogens is 757 g/mol. The highest BCUT2D eigenvalue weighted by molar-refractivity contribution is 5.65. The van der Waals surface area contributed by atoms with E-state index in [-0.39, 0.29) is 33.3 Å². The van der Waals surface area contributed by atoms with Crippen molar-refractivity contribution in [1.29, 1.82) is 0 Å². The molecule has 0 atom stereocenters. The summed E-state index contributed by atoms with van der Waals surface area (Å²) in [6.45, 7) is 12.0. The largest absolute Gasteiger partial charge is 0.251 e. The average molecular weight is 795 g/mol. The molecule has 0 aliphatic rings. The van der Waals surface area contributed by atoms with Crippen LogP contribution in [-0.4, -0.2) is 49.5 Å². The van der Waals surface area contributed by atoms with Gasteiger partial charge >= 0.3 is 0 Å². The van der Waals surface area contributed by atoms with Gasteiger partial charge in [-0.2, -0.15) is 0 Å². The molecule has 59 heavy (non-hydrogen) atoms. The number of aromatic nitrogens is 10. The van der Waals surface area contributed by atoms with Crippen LogP contribution in [0.25, 0.3) is 34.2 Å². The second-order valence-corrected chi connectivity index (χ2v) is 16.1. The molecule has 0 N–H and O–H groups in total. The highest BCUT2D eigenvalue weighted by Gasteiger charge is 2.45. The zero-order valence-electron chi connectivity index (χ0n) is 33.0. The summed E-state index contributed by atoms with van der Waals surface area (Å²) in [7, 11) is 0. The second kappa shape index (κ2) is 14.8. The normalized spacial score (nSPS) is 12.2. The second-order valence-electron chi connectivity index (χ2n) is 16.1. The smallest absolute Gasteiger partial charge is 0.156 e. The van der Waals surface area contributed by atoms with Crippen molar-refractivity contribution in [1.82, 2.24) is 49.5 Å². The molecule has 0 saturated carbocycles. The monoisotopic (exact) mass is 794 g/mol. The molecule has 0 aliphatic heterocycles. The van der Waals surface area contributed by atoms with Crippen molar-refractivity contribution in [3.8, 4) is 34.2 Å². The number of nitrogens with zero attached hydrogens (tertiary/aromatic N) is 10. The first kappa shape index (κ1) is 38.9. The number of benzene rings is 2. The van der Waals surface area contributed by atoms with Gasteiger partial charge in [-0.25, -0.2) is 46.9 Å².